The van der Waals surface area contributed by atoms with Crippen molar-refractivity contribution < 1.29 is 19.1 Å². The van der Waals surface area contributed by atoms with E-state index in [1.54, 1.807) is 21.0 Å². The van der Waals surface area contributed by atoms with Crippen LogP contribution in [0.4, 0.5) is 0 Å². The first-order chi connectivity index (χ1) is 11.0. The molecule has 0 N–H and O–H groups in total. The van der Waals surface area contributed by atoms with Crippen LogP contribution in [0.2, 0.25) is 0 Å². The lowest BCUT2D eigenvalue weighted by molar-refractivity contribution is -0.148. The van der Waals surface area contributed by atoms with Crippen LogP contribution in [0.5, 0.6) is 0 Å². The fourth-order valence-electron chi connectivity index (χ4n) is 3.50. The van der Waals surface area contributed by atoms with E-state index in [1.807, 2.05) is 27.7 Å². The predicted molar refractivity (Wildman–Crippen MR) is 96.0 cm³/mol. The zero-order chi connectivity index (χ0) is 18.5. The van der Waals surface area contributed by atoms with Gasteiger partial charge in [0.25, 0.3) is 0 Å². The van der Waals surface area contributed by atoms with Crippen molar-refractivity contribution in [2.45, 2.75) is 85.4 Å². The Morgan fingerprint density at radius 2 is 1.62 bits per heavy atom. The van der Waals surface area contributed by atoms with Crippen molar-refractivity contribution in [1.82, 2.24) is 0 Å². The van der Waals surface area contributed by atoms with E-state index in [4.69, 9.17) is 9.47 Å². The van der Waals surface area contributed by atoms with Gasteiger partial charge in [-0.2, -0.15) is 0 Å². The quantitative estimate of drug-likeness (QED) is 0.598. The van der Waals surface area contributed by atoms with Gasteiger partial charge in [-0.1, -0.05) is 40.5 Å². The summed E-state index contributed by atoms with van der Waals surface area (Å²) in [5, 5.41) is 0. The Balaban J connectivity index is 2.66. The van der Waals surface area contributed by atoms with E-state index in [0.29, 0.717) is 18.9 Å². The molecular formula is C20H36O4. The smallest absolute Gasteiger partial charge is 0.169 e. The Hall–Kier alpha value is -0.740. The molecule has 1 aliphatic carbocycles. The molecule has 1 saturated carbocycles. The lowest BCUT2D eigenvalue weighted by Gasteiger charge is -2.33. The van der Waals surface area contributed by atoms with Gasteiger partial charge in [0.2, 0.25) is 0 Å². The fraction of sp³-hybridized carbons (Fsp3) is 0.900. The Morgan fingerprint density at radius 1 is 1.08 bits per heavy atom. The highest BCUT2D eigenvalue weighted by Crippen LogP contribution is 2.33. The van der Waals surface area contributed by atoms with Crippen molar-refractivity contribution >= 4 is 11.6 Å². The monoisotopic (exact) mass is 340 g/mol. The zero-order valence-electron chi connectivity index (χ0n) is 16.6. The zero-order valence-corrected chi connectivity index (χ0v) is 16.6. The minimum atomic E-state index is -0.803. The van der Waals surface area contributed by atoms with Gasteiger partial charge < -0.3 is 9.47 Å². The van der Waals surface area contributed by atoms with Crippen LogP contribution in [0.25, 0.3) is 0 Å². The van der Waals surface area contributed by atoms with Crippen LogP contribution < -0.4 is 0 Å². The standard InChI is InChI=1S/C20H36O4/c1-14(2)16(21)17(15-10-8-9-11-15)24-13-12-19(3,4)18(22)20(5,6)23-7/h14-15,17H,8-13H2,1-7H3. The summed E-state index contributed by atoms with van der Waals surface area (Å²) < 4.78 is 11.4. The van der Waals surface area contributed by atoms with Crippen LogP contribution in [0.3, 0.4) is 0 Å². The number of Topliss-reactive ketones (excluding diaryl/α,β-unsaturated/α-hetero) is 2. The summed E-state index contributed by atoms with van der Waals surface area (Å²) in [6.45, 7) is 11.7. The van der Waals surface area contributed by atoms with Gasteiger partial charge in [0, 0.05) is 25.0 Å². The summed E-state index contributed by atoms with van der Waals surface area (Å²) in [5.74, 6) is 0.587. The van der Waals surface area contributed by atoms with Gasteiger partial charge in [0.15, 0.2) is 11.6 Å². The molecule has 24 heavy (non-hydrogen) atoms. The first-order valence-corrected chi connectivity index (χ1v) is 9.28. The summed E-state index contributed by atoms with van der Waals surface area (Å²) in [4.78, 5) is 25.2. The van der Waals surface area contributed by atoms with E-state index >= 15 is 0 Å². The molecule has 1 unspecified atom stereocenters. The second-order valence-electron chi connectivity index (χ2n) is 8.57. The van der Waals surface area contributed by atoms with E-state index in [2.05, 4.69) is 0 Å². The molecule has 4 heteroatoms. The first kappa shape index (κ1) is 21.3. The Labute approximate surface area is 147 Å². The molecular weight excluding hydrogens is 304 g/mol. The van der Waals surface area contributed by atoms with E-state index in [0.717, 1.165) is 12.8 Å². The summed E-state index contributed by atoms with van der Waals surface area (Å²) in [6.07, 6.45) is 4.79. The van der Waals surface area contributed by atoms with Gasteiger partial charge in [0.05, 0.1) is 0 Å². The number of methoxy groups -OCH3 is 1. The molecule has 0 aromatic carbocycles. The molecule has 0 saturated heterocycles. The van der Waals surface area contributed by atoms with Gasteiger partial charge >= 0.3 is 0 Å². The van der Waals surface area contributed by atoms with Gasteiger partial charge in [0.1, 0.15) is 11.7 Å². The summed E-state index contributed by atoms with van der Waals surface area (Å²) in [5.41, 5.74) is -1.34. The number of hydrogen-bond acceptors (Lipinski definition) is 4. The molecule has 0 radical (unpaired) electrons. The van der Waals surface area contributed by atoms with E-state index in [9.17, 15) is 9.59 Å². The van der Waals surface area contributed by atoms with Crippen molar-refractivity contribution in [3.05, 3.63) is 0 Å². The van der Waals surface area contributed by atoms with Crippen molar-refractivity contribution in [3.8, 4) is 0 Å². The van der Waals surface area contributed by atoms with Crippen LogP contribution in [0, 0.1) is 17.3 Å². The number of ketones is 2. The molecule has 1 atom stereocenters. The Kier molecular flexibility index (Phi) is 7.61. The molecule has 4 nitrogen and oxygen atoms in total. The van der Waals surface area contributed by atoms with Gasteiger partial charge in [-0.15, -0.1) is 0 Å². The molecule has 0 heterocycles. The van der Waals surface area contributed by atoms with Crippen molar-refractivity contribution in [2.75, 3.05) is 13.7 Å². The van der Waals surface area contributed by atoms with E-state index < -0.39 is 11.0 Å². The molecule has 0 spiro atoms. The van der Waals surface area contributed by atoms with Crippen LogP contribution in [0.1, 0.15) is 73.6 Å². The minimum Gasteiger partial charge on any atom is -0.371 e. The number of hydrogen-bond donors (Lipinski definition) is 0. The van der Waals surface area contributed by atoms with Crippen LogP contribution in [-0.4, -0.2) is 37.0 Å². The molecule has 0 amide bonds. The SMILES string of the molecule is COC(C)(C)C(=O)C(C)(C)CCOC(C(=O)C(C)C)C1CCCC1. The normalized spacial score (nSPS) is 18.2. The summed E-state index contributed by atoms with van der Waals surface area (Å²) in [6, 6.07) is 0. The third-order valence-electron chi connectivity index (χ3n) is 5.37. The Morgan fingerprint density at radius 3 is 2.08 bits per heavy atom. The Bertz CT molecular complexity index is 431. The minimum absolute atomic E-state index is 0.0160. The van der Waals surface area contributed by atoms with Gasteiger partial charge in [-0.05, 0) is 39.0 Å². The van der Waals surface area contributed by atoms with Gasteiger partial charge in [-0.3, -0.25) is 9.59 Å². The third-order valence-corrected chi connectivity index (χ3v) is 5.37. The number of carbonyl (C=O) groups excluding carboxylic acids is 2. The summed E-state index contributed by atoms with van der Waals surface area (Å²) in [7, 11) is 1.56. The maximum absolute atomic E-state index is 12.6. The largest absolute Gasteiger partial charge is 0.371 e. The predicted octanol–water partition coefficient (Wildman–Crippen LogP) is 4.20. The molecule has 1 aliphatic rings. The highest BCUT2D eigenvalue weighted by atomic mass is 16.5. The van der Waals surface area contributed by atoms with Crippen LogP contribution >= 0.6 is 0 Å². The van der Waals surface area contributed by atoms with Crippen molar-refractivity contribution in [2.24, 2.45) is 17.3 Å². The summed E-state index contributed by atoms with van der Waals surface area (Å²) >= 11 is 0. The highest BCUT2D eigenvalue weighted by Gasteiger charge is 2.39. The van der Waals surface area contributed by atoms with Crippen molar-refractivity contribution in [1.29, 1.82) is 0 Å². The third kappa shape index (κ3) is 5.38. The maximum Gasteiger partial charge on any atom is 0.169 e. The lowest BCUT2D eigenvalue weighted by atomic mass is 9.78. The van der Waals surface area contributed by atoms with E-state index in [1.165, 1.54) is 12.8 Å². The van der Waals surface area contributed by atoms with Crippen LogP contribution in [0.15, 0.2) is 0 Å². The topological polar surface area (TPSA) is 52.6 Å². The number of rotatable bonds is 10. The number of carbonyl (C=O) groups is 2. The average molecular weight is 341 g/mol. The average Bonchev–Trinajstić information content (AvgIpc) is 3.04. The molecule has 1 rings (SSSR count). The fourth-order valence-corrected chi connectivity index (χ4v) is 3.50. The maximum atomic E-state index is 12.6. The second kappa shape index (κ2) is 8.57. The van der Waals surface area contributed by atoms with Gasteiger partial charge in [-0.25, -0.2) is 0 Å². The molecule has 0 aliphatic heterocycles. The van der Waals surface area contributed by atoms with E-state index in [-0.39, 0.29) is 23.6 Å². The van der Waals surface area contributed by atoms with Crippen molar-refractivity contribution in [3.63, 3.8) is 0 Å². The highest BCUT2D eigenvalue weighted by molar-refractivity contribution is 5.91. The number of ether oxygens (including phenoxy) is 2. The molecule has 1 fully saturated rings. The first-order valence-electron chi connectivity index (χ1n) is 9.28. The second-order valence-corrected chi connectivity index (χ2v) is 8.57. The van der Waals surface area contributed by atoms with Crippen LogP contribution in [-0.2, 0) is 19.1 Å². The lowest BCUT2D eigenvalue weighted by Crippen LogP contribution is -2.44. The molecule has 140 valence electrons. The molecule has 0 aromatic heterocycles. The molecule has 0 bridgehead atoms. The molecule has 0 aromatic rings.